The summed E-state index contributed by atoms with van der Waals surface area (Å²) in [5.74, 6) is 0.448. The summed E-state index contributed by atoms with van der Waals surface area (Å²) in [4.78, 5) is 14.4. The predicted molar refractivity (Wildman–Crippen MR) is 86.6 cm³/mol. The van der Waals surface area contributed by atoms with E-state index >= 15 is 0 Å². The molecule has 22 heavy (non-hydrogen) atoms. The SMILES string of the molecule is CNc1nc2sc(-c3cccc(F)c3)nc2c2c1ncn2C. The van der Waals surface area contributed by atoms with Crippen LogP contribution in [0.5, 0.6) is 0 Å². The van der Waals surface area contributed by atoms with E-state index in [-0.39, 0.29) is 5.82 Å². The number of pyridine rings is 1. The van der Waals surface area contributed by atoms with E-state index in [1.165, 1.54) is 23.5 Å². The Bertz CT molecular complexity index is 1000. The van der Waals surface area contributed by atoms with Crippen LogP contribution in [0, 0.1) is 5.82 Å². The zero-order valence-corrected chi connectivity index (χ0v) is 12.8. The van der Waals surface area contributed by atoms with E-state index in [2.05, 4.69) is 20.3 Å². The van der Waals surface area contributed by atoms with Crippen molar-refractivity contribution < 1.29 is 4.39 Å². The van der Waals surface area contributed by atoms with E-state index in [9.17, 15) is 4.39 Å². The quantitative estimate of drug-likeness (QED) is 0.616. The van der Waals surface area contributed by atoms with Crippen LogP contribution in [-0.4, -0.2) is 26.6 Å². The van der Waals surface area contributed by atoms with E-state index in [4.69, 9.17) is 0 Å². The first-order valence-electron chi connectivity index (χ1n) is 6.72. The Morgan fingerprint density at radius 2 is 2.09 bits per heavy atom. The van der Waals surface area contributed by atoms with E-state index in [1.54, 1.807) is 12.4 Å². The molecule has 4 rings (SSSR count). The summed E-state index contributed by atoms with van der Waals surface area (Å²) in [6.07, 6.45) is 1.74. The van der Waals surface area contributed by atoms with Gasteiger partial charge in [-0.15, -0.1) is 0 Å². The number of aryl methyl sites for hydroxylation is 1. The highest BCUT2D eigenvalue weighted by atomic mass is 32.1. The average Bonchev–Trinajstić information content (AvgIpc) is 3.10. The van der Waals surface area contributed by atoms with Crippen LogP contribution in [0.25, 0.3) is 32.0 Å². The minimum Gasteiger partial charge on any atom is -0.371 e. The summed E-state index contributed by atoms with van der Waals surface area (Å²) in [7, 11) is 3.74. The maximum atomic E-state index is 13.4. The number of thiazole rings is 1. The molecule has 0 spiro atoms. The van der Waals surface area contributed by atoms with Gasteiger partial charge in [0.15, 0.2) is 5.82 Å². The Morgan fingerprint density at radius 1 is 1.23 bits per heavy atom. The molecule has 0 fully saturated rings. The highest BCUT2D eigenvalue weighted by Gasteiger charge is 2.17. The smallest absolute Gasteiger partial charge is 0.155 e. The number of hydrogen-bond donors (Lipinski definition) is 1. The monoisotopic (exact) mass is 313 g/mol. The van der Waals surface area contributed by atoms with Gasteiger partial charge in [-0.2, -0.15) is 0 Å². The summed E-state index contributed by atoms with van der Waals surface area (Å²) in [5.41, 5.74) is 3.25. The Labute approximate surface area is 129 Å². The number of rotatable bonds is 2. The minimum atomic E-state index is -0.272. The Hall–Kier alpha value is -2.54. The van der Waals surface area contributed by atoms with Crippen LogP contribution in [0.15, 0.2) is 30.6 Å². The third-order valence-electron chi connectivity index (χ3n) is 3.52. The van der Waals surface area contributed by atoms with E-state index < -0.39 is 0 Å². The number of nitrogens with one attached hydrogen (secondary N) is 1. The molecule has 0 unspecified atom stereocenters. The molecule has 5 nitrogen and oxygen atoms in total. The number of aromatic nitrogens is 4. The van der Waals surface area contributed by atoms with Crippen LogP contribution in [0.2, 0.25) is 0 Å². The van der Waals surface area contributed by atoms with Crippen LogP contribution in [0.4, 0.5) is 10.2 Å². The fourth-order valence-electron chi connectivity index (χ4n) is 2.50. The summed E-state index contributed by atoms with van der Waals surface area (Å²) < 4.78 is 15.4. The van der Waals surface area contributed by atoms with Crippen LogP contribution in [-0.2, 0) is 7.05 Å². The van der Waals surface area contributed by atoms with Gasteiger partial charge in [-0.25, -0.2) is 19.3 Å². The fourth-order valence-corrected chi connectivity index (χ4v) is 3.44. The molecule has 7 heteroatoms. The summed E-state index contributed by atoms with van der Waals surface area (Å²) in [6, 6.07) is 6.44. The van der Waals surface area contributed by atoms with Crippen molar-refractivity contribution >= 4 is 38.5 Å². The lowest BCUT2D eigenvalue weighted by Gasteiger charge is -2.01. The van der Waals surface area contributed by atoms with Crippen molar-refractivity contribution in [3.63, 3.8) is 0 Å². The Balaban J connectivity index is 2.05. The first kappa shape index (κ1) is 13.1. The molecule has 0 radical (unpaired) electrons. The molecule has 0 saturated heterocycles. The number of benzene rings is 1. The molecule has 1 N–H and O–H groups in total. The molecule has 1 aromatic carbocycles. The van der Waals surface area contributed by atoms with Crippen molar-refractivity contribution in [1.29, 1.82) is 0 Å². The molecule has 0 bridgehead atoms. The van der Waals surface area contributed by atoms with Gasteiger partial charge < -0.3 is 9.88 Å². The second-order valence-electron chi connectivity index (χ2n) is 4.95. The normalized spacial score (nSPS) is 11.4. The number of fused-ring (bicyclic) bond motifs is 3. The molecule has 110 valence electrons. The molecule has 4 aromatic rings. The molecular weight excluding hydrogens is 301 g/mol. The van der Waals surface area contributed by atoms with Crippen molar-refractivity contribution in [3.05, 3.63) is 36.4 Å². The molecular formula is C15H12FN5S. The minimum absolute atomic E-state index is 0.272. The average molecular weight is 313 g/mol. The van der Waals surface area contributed by atoms with Gasteiger partial charge in [-0.3, -0.25) is 0 Å². The first-order chi connectivity index (χ1) is 10.7. The van der Waals surface area contributed by atoms with Gasteiger partial charge in [0.05, 0.1) is 6.33 Å². The number of hydrogen-bond acceptors (Lipinski definition) is 5. The molecule has 0 aliphatic rings. The van der Waals surface area contributed by atoms with E-state index in [1.807, 2.05) is 24.7 Å². The van der Waals surface area contributed by atoms with Crippen molar-refractivity contribution in [3.8, 4) is 10.6 Å². The molecule has 0 saturated carbocycles. The molecule has 0 aliphatic carbocycles. The van der Waals surface area contributed by atoms with Crippen LogP contribution in [0.1, 0.15) is 0 Å². The highest BCUT2D eigenvalue weighted by molar-refractivity contribution is 7.21. The topological polar surface area (TPSA) is 55.6 Å². The van der Waals surface area contributed by atoms with Gasteiger partial charge in [0.1, 0.15) is 32.2 Å². The number of anilines is 1. The number of imidazole rings is 1. The largest absolute Gasteiger partial charge is 0.371 e. The maximum absolute atomic E-state index is 13.4. The summed E-state index contributed by atoms with van der Waals surface area (Å²) >= 11 is 1.45. The first-order valence-corrected chi connectivity index (χ1v) is 7.54. The Morgan fingerprint density at radius 3 is 2.86 bits per heavy atom. The second kappa shape index (κ2) is 4.74. The molecule has 0 atom stereocenters. The van der Waals surface area contributed by atoms with Crippen LogP contribution < -0.4 is 5.32 Å². The third kappa shape index (κ3) is 1.86. The van der Waals surface area contributed by atoms with Crippen molar-refractivity contribution in [2.24, 2.45) is 7.05 Å². The lowest BCUT2D eigenvalue weighted by Crippen LogP contribution is -1.95. The van der Waals surface area contributed by atoms with Gasteiger partial charge in [-0.1, -0.05) is 23.5 Å². The zero-order valence-electron chi connectivity index (χ0n) is 12.0. The summed E-state index contributed by atoms with van der Waals surface area (Å²) in [5, 5.41) is 3.81. The van der Waals surface area contributed by atoms with Gasteiger partial charge in [0.2, 0.25) is 0 Å². The number of halogens is 1. The lowest BCUT2D eigenvalue weighted by atomic mass is 10.2. The van der Waals surface area contributed by atoms with Crippen molar-refractivity contribution in [1.82, 2.24) is 19.5 Å². The van der Waals surface area contributed by atoms with Crippen LogP contribution in [0.3, 0.4) is 0 Å². The van der Waals surface area contributed by atoms with Gasteiger partial charge in [0.25, 0.3) is 0 Å². The van der Waals surface area contributed by atoms with Gasteiger partial charge in [-0.05, 0) is 12.1 Å². The number of nitrogens with zero attached hydrogens (tertiary/aromatic N) is 4. The molecule has 3 aromatic heterocycles. The maximum Gasteiger partial charge on any atom is 0.155 e. The van der Waals surface area contributed by atoms with Crippen molar-refractivity contribution in [2.45, 2.75) is 0 Å². The van der Waals surface area contributed by atoms with E-state index in [0.717, 1.165) is 37.8 Å². The highest BCUT2D eigenvalue weighted by Crippen LogP contribution is 2.35. The second-order valence-corrected chi connectivity index (χ2v) is 5.92. The predicted octanol–water partition coefficient (Wildman–Crippen LogP) is 3.43. The lowest BCUT2D eigenvalue weighted by molar-refractivity contribution is 0.628. The van der Waals surface area contributed by atoms with Gasteiger partial charge >= 0.3 is 0 Å². The van der Waals surface area contributed by atoms with Gasteiger partial charge in [0, 0.05) is 19.7 Å². The Kier molecular flexibility index (Phi) is 2.83. The zero-order chi connectivity index (χ0) is 15.3. The molecule has 0 aliphatic heterocycles. The fraction of sp³-hybridized carbons (Fsp3) is 0.133. The third-order valence-corrected chi connectivity index (χ3v) is 4.51. The van der Waals surface area contributed by atoms with Crippen molar-refractivity contribution in [2.75, 3.05) is 12.4 Å². The molecule has 3 heterocycles. The molecule has 0 amide bonds. The standard InChI is InChI=1S/C15H12FN5S/c1-17-13-10-12(21(2)7-18-10)11-15(20-13)22-14(19-11)8-4-3-5-9(16)6-8/h3-7H,1-2H3,(H,17,20). The summed E-state index contributed by atoms with van der Waals surface area (Å²) in [6.45, 7) is 0. The van der Waals surface area contributed by atoms with Crippen LogP contribution >= 0.6 is 11.3 Å². The van der Waals surface area contributed by atoms with E-state index in [0.29, 0.717) is 0 Å².